The molecule has 4 heteroatoms. The van der Waals surface area contributed by atoms with Crippen molar-refractivity contribution >= 4 is 5.97 Å². The highest BCUT2D eigenvalue weighted by Gasteiger charge is 2.30. The number of rotatable bonds is 1. The van der Waals surface area contributed by atoms with Crippen molar-refractivity contribution in [2.24, 2.45) is 0 Å². The Hall–Kier alpha value is -2.49. The molecule has 1 N–H and O–H groups in total. The lowest BCUT2D eigenvalue weighted by Crippen LogP contribution is -2.34. The van der Waals surface area contributed by atoms with E-state index in [1.807, 2.05) is 37.3 Å². The van der Waals surface area contributed by atoms with Crippen LogP contribution < -0.4 is 9.47 Å². The molecular formula is C17H16O4. The second-order valence-corrected chi connectivity index (χ2v) is 5.15. The van der Waals surface area contributed by atoms with E-state index >= 15 is 0 Å². The molecule has 0 saturated carbocycles. The fourth-order valence-electron chi connectivity index (χ4n) is 2.77. The molecule has 0 saturated heterocycles. The summed E-state index contributed by atoms with van der Waals surface area (Å²) in [6.07, 6.45) is -1.35. The number of ether oxygens (including phenoxy) is 2. The fraction of sp³-hybridized carbons (Fsp3) is 0.235. The highest BCUT2D eigenvalue weighted by Crippen LogP contribution is 2.40. The van der Waals surface area contributed by atoms with Crippen LogP contribution in [0.4, 0.5) is 0 Å². The van der Waals surface area contributed by atoms with Crippen LogP contribution in [0.5, 0.6) is 11.5 Å². The molecular weight excluding hydrogens is 268 g/mol. The monoisotopic (exact) mass is 284 g/mol. The number of aryl methyl sites for hydroxylation is 1. The lowest BCUT2D eigenvalue weighted by Gasteiger charge is -2.28. The maximum absolute atomic E-state index is 11.4. The van der Waals surface area contributed by atoms with E-state index in [0.29, 0.717) is 11.5 Å². The van der Waals surface area contributed by atoms with Crippen molar-refractivity contribution < 1.29 is 19.4 Å². The molecule has 2 unspecified atom stereocenters. The van der Waals surface area contributed by atoms with Gasteiger partial charge in [-0.25, -0.2) is 4.79 Å². The molecule has 0 fully saturated rings. The van der Waals surface area contributed by atoms with Crippen molar-refractivity contribution in [3.05, 3.63) is 59.2 Å². The van der Waals surface area contributed by atoms with E-state index in [2.05, 4.69) is 6.92 Å². The molecule has 0 spiro atoms. The number of benzene rings is 2. The first-order chi connectivity index (χ1) is 10.1. The Morgan fingerprint density at radius 3 is 2.48 bits per heavy atom. The molecule has 0 radical (unpaired) electrons. The van der Waals surface area contributed by atoms with E-state index in [1.165, 1.54) is 0 Å². The molecule has 0 aliphatic carbocycles. The second kappa shape index (κ2) is 5.13. The van der Waals surface area contributed by atoms with Crippen LogP contribution in [0.2, 0.25) is 0 Å². The van der Waals surface area contributed by atoms with E-state index < -0.39 is 12.3 Å². The number of fused-ring (bicyclic) bond motifs is 2. The van der Waals surface area contributed by atoms with Crippen molar-refractivity contribution in [1.82, 2.24) is 0 Å². The summed E-state index contributed by atoms with van der Waals surface area (Å²) in [5, 5.41) is 9.29. The molecule has 1 aliphatic heterocycles. The number of hydrogen-bond acceptors (Lipinski definition) is 3. The largest absolute Gasteiger partial charge is 0.476 e. The number of carbonyl (C=O) groups is 1. The summed E-state index contributed by atoms with van der Waals surface area (Å²) in [6.45, 7) is 4.07. The average Bonchev–Trinajstić information content (AvgIpc) is 2.45. The molecule has 1 aliphatic rings. The molecule has 2 aromatic rings. The zero-order valence-corrected chi connectivity index (χ0v) is 11.9. The molecule has 0 amide bonds. The Labute approximate surface area is 122 Å². The zero-order valence-electron chi connectivity index (χ0n) is 11.9. The number of carboxylic acids is 1. The standard InChI is InChI=1S/C17H16O4/c1-10-6-5-9-14-15(10)11(2)12-7-3-4-8-13(12)20-17(21-14)16(18)19/h3-9,11,17H,1-2H3,(H,18,19). The molecule has 2 aromatic carbocycles. The predicted octanol–water partition coefficient (Wildman–Crippen LogP) is 3.33. The van der Waals surface area contributed by atoms with Gasteiger partial charge < -0.3 is 14.6 Å². The van der Waals surface area contributed by atoms with Gasteiger partial charge in [-0.3, -0.25) is 0 Å². The minimum atomic E-state index is -1.35. The van der Waals surface area contributed by atoms with Crippen LogP contribution in [0.1, 0.15) is 29.5 Å². The Morgan fingerprint density at radius 2 is 1.71 bits per heavy atom. The average molecular weight is 284 g/mol. The van der Waals surface area contributed by atoms with Crippen molar-refractivity contribution in [3.8, 4) is 11.5 Å². The van der Waals surface area contributed by atoms with Crippen molar-refractivity contribution in [1.29, 1.82) is 0 Å². The van der Waals surface area contributed by atoms with Gasteiger partial charge in [-0.1, -0.05) is 37.3 Å². The van der Waals surface area contributed by atoms with E-state index in [0.717, 1.165) is 16.7 Å². The summed E-state index contributed by atoms with van der Waals surface area (Å²) in [7, 11) is 0. The van der Waals surface area contributed by atoms with Gasteiger partial charge in [0, 0.05) is 17.0 Å². The summed E-state index contributed by atoms with van der Waals surface area (Å²) in [5.41, 5.74) is 3.03. The van der Waals surface area contributed by atoms with E-state index in [9.17, 15) is 9.90 Å². The molecule has 0 bridgehead atoms. The number of hydrogen-bond donors (Lipinski definition) is 1. The third-order valence-electron chi connectivity index (χ3n) is 3.77. The number of aliphatic carboxylic acids is 1. The molecule has 0 aromatic heterocycles. The van der Waals surface area contributed by atoms with Crippen molar-refractivity contribution in [2.75, 3.05) is 0 Å². The first-order valence-corrected chi connectivity index (χ1v) is 6.82. The Balaban J connectivity index is 2.22. The quantitative estimate of drug-likeness (QED) is 0.872. The highest BCUT2D eigenvalue weighted by atomic mass is 16.7. The Bertz CT molecular complexity index is 693. The van der Waals surface area contributed by atoms with Gasteiger partial charge >= 0.3 is 12.3 Å². The van der Waals surface area contributed by atoms with Crippen LogP contribution in [0.15, 0.2) is 42.5 Å². The van der Waals surface area contributed by atoms with Gasteiger partial charge in [0.1, 0.15) is 11.5 Å². The summed E-state index contributed by atoms with van der Waals surface area (Å²) in [4.78, 5) is 11.4. The molecule has 108 valence electrons. The summed E-state index contributed by atoms with van der Waals surface area (Å²) >= 11 is 0. The smallest absolute Gasteiger partial charge is 0.387 e. The van der Waals surface area contributed by atoms with Gasteiger partial charge in [0.15, 0.2) is 0 Å². The lowest BCUT2D eigenvalue weighted by atomic mass is 9.88. The van der Waals surface area contributed by atoms with E-state index in [-0.39, 0.29) is 5.92 Å². The van der Waals surface area contributed by atoms with Gasteiger partial charge in [-0.05, 0) is 24.6 Å². The maximum Gasteiger partial charge on any atom is 0.387 e. The molecule has 2 atom stereocenters. The van der Waals surface area contributed by atoms with Crippen LogP contribution in [0, 0.1) is 6.92 Å². The topological polar surface area (TPSA) is 55.8 Å². The number of para-hydroxylation sites is 1. The molecule has 1 heterocycles. The summed E-state index contributed by atoms with van der Waals surface area (Å²) < 4.78 is 11.1. The molecule has 3 rings (SSSR count). The minimum Gasteiger partial charge on any atom is -0.476 e. The van der Waals surface area contributed by atoms with Gasteiger partial charge in [-0.15, -0.1) is 0 Å². The third kappa shape index (κ3) is 2.33. The first kappa shape index (κ1) is 13.5. The fourth-order valence-corrected chi connectivity index (χ4v) is 2.77. The van der Waals surface area contributed by atoms with Gasteiger partial charge in [0.2, 0.25) is 0 Å². The summed E-state index contributed by atoms with van der Waals surface area (Å²) in [5.74, 6) is 0.0228. The van der Waals surface area contributed by atoms with Crippen molar-refractivity contribution in [2.45, 2.75) is 26.1 Å². The highest BCUT2D eigenvalue weighted by molar-refractivity contribution is 5.72. The first-order valence-electron chi connectivity index (χ1n) is 6.82. The minimum absolute atomic E-state index is 0.0622. The lowest BCUT2D eigenvalue weighted by molar-refractivity contribution is -0.158. The number of carboxylic acid groups (broad SMARTS) is 1. The summed E-state index contributed by atoms with van der Waals surface area (Å²) in [6, 6.07) is 13.1. The third-order valence-corrected chi connectivity index (χ3v) is 3.77. The van der Waals surface area contributed by atoms with Gasteiger partial charge in [0.05, 0.1) is 0 Å². The molecule has 4 nitrogen and oxygen atoms in total. The van der Waals surface area contributed by atoms with Crippen molar-refractivity contribution in [3.63, 3.8) is 0 Å². The second-order valence-electron chi connectivity index (χ2n) is 5.15. The van der Waals surface area contributed by atoms with Crippen LogP contribution in [-0.4, -0.2) is 17.4 Å². The van der Waals surface area contributed by atoms with Crippen LogP contribution in [-0.2, 0) is 4.79 Å². The Morgan fingerprint density at radius 1 is 1.05 bits per heavy atom. The zero-order chi connectivity index (χ0) is 15.0. The van der Waals surface area contributed by atoms with Crippen LogP contribution in [0.3, 0.4) is 0 Å². The van der Waals surface area contributed by atoms with E-state index in [4.69, 9.17) is 9.47 Å². The van der Waals surface area contributed by atoms with Crippen LogP contribution in [0.25, 0.3) is 0 Å². The molecule has 21 heavy (non-hydrogen) atoms. The van der Waals surface area contributed by atoms with Gasteiger partial charge in [-0.2, -0.15) is 0 Å². The van der Waals surface area contributed by atoms with Crippen LogP contribution >= 0.6 is 0 Å². The normalized spacial score (nSPS) is 20.1. The Kier molecular flexibility index (Phi) is 3.29. The van der Waals surface area contributed by atoms with Gasteiger partial charge in [0.25, 0.3) is 0 Å². The maximum atomic E-state index is 11.4. The van der Waals surface area contributed by atoms with E-state index in [1.54, 1.807) is 12.1 Å². The SMILES string of the molecule is Cc1cccc2c1C(C)c1ccccc1OC(C(=O)O)O2. The predicted molar refractivity (Wildman–Crippen MR) is 77.8 cm³/mol.